The Morgan fingerprint density at radius 2 is 2.14 bits per heavy atom. The Bertz CT molecular complexity index is 511. The number of halogens is 3. The summed E-state index contributed by atoms with van der Waals surface area (Å²) in [6.07, 6.45) is 2.95. The first-order chi connectivity index (χ1) is 9.52. The van der Waals surface area contributed by atoms with Crippen molar-refractivity contribution in [3.8, 4) is 0 Å². The van der Waals surface area contributed by atoms with E-state index in [1.807, 2.05) is 6.92 Å². The van der Waals surface area contributed by atoms with E-state index in [1.54, 1.807) is 4.90 Å². The predicted molar refractivity (Wildman–Crippen MR) is 80.2 cm³/mol. The summed E-state index contributed by atoms with van der Waals surface area (Å²) in [6, 6.07) is 1.67. The van der Waals surface area contributed by atoms with Gasteiger partial charge in [-0.25, -0.2) is 8.78 Å². The molecule has 1 unspecified atom stereocenters. The van der Waals surface area contributed by atoms with E-state index in [2.05, 4.69) is 0 Å². The molecule has 2 N–H and O–H groups in total. The molecule has 1 aromatic rings. The predicted octanol–water partition coefficient (Wildman–Crippen LogP) is 2.79. The molecule has 0 saturated heterocycles. The van der Waals surface area contributed by atoms with Gasteiger partial charge >= 0.3 is 0 Å². The molecule has 6 heteroatoms. The number of nitrogens with two attached hydrogens (primary N) is 1. The van der Waals surface area contributed by atoms with Crippen LogP contribution in [0.15, 0.2) is 12.1 Å². The van der Waals surface area contributed by atoms with Crippen molar-refractivity contribution in [1.82, 2.24) is 4.90 Å². The quantitative estimate of drug-likeness (QED) is 0.928. The summed E-state index contributed by atoms with van der Waals surface area (Å²) in [6.45, 7) is 2.72. The minimum Gasteiger partial charge on any atom is -0.337 e. The summed E-state index contributed by atoms with van der Waals surface area (Å²) >= 11 is 0. The fraction of sp³-hybridized carbons (Fsp3) is 0.533. The normalized spacial score (nSPS) is 15.1. The van der Waals surface area contributed by atoms with Crippen LogP contribution < -0.4 is 5.73 Å². The van der Waals surface area contributed by atoms with Crippen LogP contribution in [0.4, 0.5) is 8.78 Å². The van der Waals surface area contributed by atoms with Crippen molar-refractivity contribution < 1.29 is 13.6 Å². The molecule has 0 radical (unpaired) electrons. The van der Waals surface area contributed by atoms with Gasteiger partial charge in [0, 0.05) is 19.2 Å². The van der Waals surface area contributed by atoms with E-state index in [0.29, 0.717) is 30.5 Å². The maximum Gasteiger partial charge on any atom is 0.239 e. The molecule has 1 aliphatic rings. The Labute approximate surface area is 129 Å². The van der Waals surface area contributed by atoms with E-state index in [0.717, 1.165) is 18.9 Å². The Hall–Kier alpha value is -1.20. The topological polar surface area (TPSA) is 46.3 Å². The molecule has 0 bridgehead atoms. The zero-order chi connectivity index (χ0) is 14.7. The van der Waals surface area contributed by atoms with Gasteiger partial charge in [-0.1, -0.05) is 19.8 Å². The highest BCUT2D eigenvalue weighted by atomic mass is 35.5. The van der Waals surface area contributed by atoms with Gasteiger partial charge in [-0.2, -0.15) is 0 Å². The van der Waals surface area contributed by atoms with Gasteiger partial charge in [-0.05, 0) is 30.0 Å². The third kappa shape index (κ3) is 4.14. The molecule has 1 aliphatic heterocycles. The number of carbonyl (C=O) groups is 1. The van der Waals surface area contributed by atoms with Gasteiger partial charge < -0.3 is 10.6 Å². The van der Waals surface area contributed by atoms with Gasteiger partial charge in [-0.15, -0.1) is 12.4 Å². The Balaban J connectivity index is 0.00000220. The zero-order valence-electron chi connectivity index (χ0n) is 12.1. The number of fused-ring (bicyclic) bond motifs is 1. The lowest BCUT2D eigenvalue weighted by Crippen LogP contribution is -2.46. The number of carbonyl (C=O) groups excluding carboxylic acids is 1. The first-order valence-electron chi connectivity index (χ1n) is 7.04. The van der Waals surface area contributed by atoms with Gasteiger partial charge in [0.1, 0.15) is 11.6 Å². The van der Waals surface area contributed by atoms with Crippen LogP contribution in [-0.2, 0) is 17.8 Å². The van der Waals surface area contributed by atoms with Crippen molar-refractivity contribution in [2.75, 3.05) is 6.54 Å². The minimum atomic E-state index is -0.606. The summed E-state index contributed by atoms with van der Waals surface area (Å²) in [5.74, 6) is -1.26. The number of amides is 1. The van der Waals surface area contributed by atoms with Gasteiger partial charge in [0.25, 0.3) is 0 Å². The van der Waals surface area contributed by atoms with E-state index in [1.165, 1.54) is 6.07 Å². The molecular weight excluding hydrogens is 298 g/mol. The molecule has 0 aromatic heterocycles. The maximum absolute atomic E-state index is 13.6. The van der Waals surface area contributed by atoms with Crippen LogP contribution in [0.1, 0.15) is 37.3 Å². The van der Waals surface area contributed by atoms with Gasteiger partial charge in [0.15, 0.2) is 0 Å². The lowest BCUT2D eigenvalue weighted by molar-refractivity contribution is -0.133. The Morgan fingerprint density at radius 1 is 1.43 bits per heavy atom. The van der Waals surface area contributed by atoms with Crippen LogP contribution in [0, 0.1) is 11.6 Å². The summed E-state index contributed by atoms with van der Waals surface area (Å²) in [5, 5.41) is 0. The molecule has 0 saturated carbocycles. The second-order valence-electron chi connectivity index (χ2n) is 5.28. The summed E-state index contributed by atoms with van der Waals surface area (Å²) in [7, 11) is 0. The molecule has 3 nitrogen and oxygen atoms in total. The van der Waals surface area contributed by atoms with Crippen molar-refractivity contribution in [1.29, 1.82) is 0 Å². The summed E-state index contributed by atoms with van der Waals surface area (Å²) in [5.41, 5.74) is 6.93. The highest BCUT2D eigenvalue weighted by Gasteiger charge is 2.26. The Morgan fingerprint density at radius 3 is 2.81 bits per heavy atom. The molecule has 1 aromatic carbocycles. The average molecular weight is 319 g/mol. The van der Waals surface area contributed by atoms with Crippen molar-refractivity contribution in [3.63, 3.8) is 0 Å². The third-order valence-electron chi connectivity index (χ3n) is 3.74. The SMILES string of the molecule is CCCCC(N)C(=O)N1CCc2c(F)cc(F)cc2C1.Cl. The monoisotopic (exact) mass is 318 g/mol. The van der Waals surface area contributed by atoms with Crippen LogP contribution >= 0.6 is 12.4 Å². The molecule has 118 valence electrons. The Kier molecular flexibility index (Phi) is 6.55. The lowest BCUT2D eigenvalue weighted by Gasteiger charge is -2.31. The largest absolute Gasteiger partial charge is 0.337 e. The second kappa shape index (κ2) is 7.71. The maximum atomic E-state index is 13.6. The van der Waals surface area contributed by atoms with E-state index < -0.39 is 17.7 Å². The standard InChI is InChI=1S/C15H20F2N2O.ClH/c1-2-3-4-14(18)15(20)19-6-5-12-10(9-19)7-11(16)8-13(12)17;/h7-8,14H,2-6,9,18H2,1H3;1H. The summed E-state index contributed by atoms with van der Waals surface area (Å²) < 4.78 is 26.9. The third-order valence-corrected chi connectivity index (χ3v) is 3.74. The first kappa shape index (κ1) is 17.9. The van der Waals surface area contributed by atoms with Crippen LogP contribution in [0.5, 0.6) is 0 Å². The molecule has 0 fully saturated rings. The van der Waals surface area contributed by atoms with Crippen molar-refractivity contribution >= 4 is 18.3 Å². The number of rotatable bonds is 4. The second-order valence-corrected chi connectivity index (χ2v) is 5.28. The van der Waals surface area contributed by atoms with E-state index >= 15 is 0 Å². The number of nitrogens with zero attached hydrogens (tertiary/aromatic N) is 1. The highest BCUT2D eigenvalue weighted by Crippen LogP contribution is 2.23. The van der Waals surface area contributed by atoms with Crippen LogP contribution in [0.2, 0.25) is 0 Å². The van der Waals surface area contributed by atoms with Crippen molar-refractivity contribution in [3.05, 3.63) is 34.9 Å². The molecule has 21 heavy (non-hydrogen) atoms. The highest BCUT2D eigenvalue weighted by molar-refractivity contribution is 5.85. The lowest BCUT2D eigenvalue weighted by atomic mass is 9.98. The molecule has 0 aliphatic carbocycles. The van der Waals surface area contributed by atoms with Gasteiger partial charge in [0.05, 0.1) is 6.04 Å². The fourth-order valence-corrected chi connectivity index (χ4v) is 2.58. The zero-order valence-corrected chi connectivity index (χ0v) is 12.9. The number of hydrogen-bond acceptors (Lipinski definition) is 2. The number of unbranched alkanes of at least 4 members (excludes halogenated alkanes) is 1. The minimum absolute atomic E-state index is 0. The molecule has 2 rings (SSSR count). The molecule has 0 spiro atoms. The smallest absolute Gasteiger partial charge is 0.239 e. The van der Waals surface area contributed by atoms with Crippen LogP contribution in [-0.4, -0.2) is 23.4 Å². The summed E-state index contributed by atoms with van der Waals surface area (Å²) in [4.78, 5) is 13.8. The van der Waals surface area contributed by atoms with Crippen molar-refractivity contribution in [2.45, 2.75) is 45.2 Å². The first-order valence-corrected chi connectivity index (χ1v) is 7.04. The van der Waals surface area contributed by atoms with E-state index in [9.17, 15) is 13.6 Å². The van der Waals surface area contributed by atoms with Crippen LogP contribution in [0.25, 0.3) is 0 Å². The molecule has 1 atom stereocenters. The van der Waals surface area contributed by atoms with Gasteiger partial charge in [0.2, 0.25) is 5.91 Å². The molecule has 1 amide bonds. The number of hydrogen-bond donors (Lipinski definition) is 1. The average Bonchev–Trinajstić information content (AvgIpc) is 2.43. The fourth-order valence-electron chi connectivity index (χ4n) is 2.58. The van der Waals surface area contributed by atoms with Crippen LogP contribution in [0.3, 0.4) is 0 Å². The van der Waals surface area contributed by atoms with Crippen molar-refractivity contribution in [2.24, 2.45) is 5.73 Å². The number of benzene rings is 1. The molecular formula is C15H21ClF2N2O. The van der Waals surface area contributed by atoms with E-state index in [-0.39, 0.29) is 24.9 Å². The van der Waals surface area contributed by atoms with E-state index in [4.69, 9.17) is 5.73 Å². The van der Waals surface area contributed by atoms with Gasteiger partial charge in [-0.3, -0.25) is 4.79 Å². The molecule has 1 heterocycles.